The fraction of sp³-hybridized carbons (Fsp3) is 0.240. The zero-order valence-electron chi connectivity index (χ0n) is 19.2. The Bertz CT molecular complexity index is 1230. The van der Waals surface area contributed by atoms with E-state index in [-0.39, 0.29) is 5.97 Å². The van der Waals surface area contributed by atoms with E-state index in [1.165, 1.54) is 22.0 Å². The standard InChI is InChI=1S/C25H27IN3O2PS/c1-5-29(6-2)32(27-20-14-12-19(26)13-15-20)22-17-24(25(30)31-4)33-23(22)16-21(28(32)3)18-10-8-7-9-11-18/h7-17H,5-6H2,1-4H3. The smallest absolute Gasteiger partial charge is 0.348 e. The van der Waals surface area contributed by atoms with E-state index in [4.69, 9.17) is 9.48 Å². The summed E-state index contributed by atoms with van der Waals surface area (Å²) >= 11 is 3.80. The van der Waals surface area contributed by atoms with E-state index in [0.29, 0.717) is 4.88 Å². The number of fused-ring (bicyclic) bond motifs is 1. The SMILES string of the molecule is CCN(CC)P1(=Nc2ccc(I)cc2)c2cc(C(=O)OC)sc2C=C(c2ccccc2)N1C. The number of ether oxygens (including phenoxy) is 1. The van der Waals surface area contributed by atoms with Crippen LogP contribution in [-0.4, -0.2) is 42.6 Å². The van der Waals surface area contributed by atoms with Crippen molar-refractivity contribution in [3.8, 4) is 0 Å². The Morgan fingerprint density at radius 2 is 1.79 bits per heavy atom. The molecular formula is C25H27IN3O2PS. The molecule has 0 saturated carbocycles. The number of hydrogen-bond donors (Lipinski definition) is 0. The van der Waals surface area contributed by atoms with Gasteiger partial charge in [0.1, 0.15) is 4.88 Å². The number of nitrogens with zero attached hydrogens (tertiary/aromatic N) is 3. The summed E-state index contributed by atoms with van der Waals surface area (Å²) in [7, 11) is 1.12. The van der Waals surface area contributed by atoms with Gasteiger partial charge in [0.15, 0.2) is 7.36 Å². The van der Waals surface area contributed by atoms with Crippen molar-refractivity contribution in [3.05, 3.63) is 79.6 Å². The van der Waals surface area contributed by atoms with Gasteiger partial charge in [-0.2, -0.15) is 0 Å². The highest BCUT2D eigenvalue weighted by Gasteiger charge is 2.41. The van der Waals surface area contributed by atoms with Crippen LogP contribution in [0.1, 0.15) is 34.0 Å². The van der Waals surface area contributed by atoms with Crippen LogP contribution in [-0.2, 0) is 4.74 Å². The number of carbonyl (C=O) groups is 1. The van der Waals surface area contributed by atoms with Crippen LogP contribution in [0.5, 0.6) is 0 Å². The molecule has 1 atom stereocenters. The second-order valence-electron chi connectivity index (χ2n) is 7.55. The van der Waals surface area contributed by atoms with Crippen LogP contribution in [0.15, 0.2) is 65.4 Å². The number of hydrogen-bond acceptors (Lipinski definition) is 4. The number of halogens is 1. The number of esters is 1. The summed E-state index contributed by atoms with van der Waals surface area (Å²) in [6, 6.07) is 20.7. The Morgan fingerprint density at radius 3 is 2.39 bits per heavy atom. The van der Waals surface area contributed by atoms with Crippen LogP contribution >= 0.6 is 41.3 Å². The highest BCUT2D eigenvalue weighted by molar-refractivity contribution is 14.1. The van der Waals surface area contributed by atoms with Crippen molar-refractivity contribution in [3.63, 3.8) is 0 Å². The predicted molar refractivity (Wildman–Crippen MR) is 148 cm³/mol. The number of carbonyl (C=O) groups excluding carboxylic acids is 1. The molecule has 0 saturated heterocycles. The van der Waals surface area contributed by atoms with Gasteiger partial charge in [0.25, 0.3) is 0 Å². The Labute approximate surface area is 213 Å². The van der Waals surface area contributed by atoms with Gasteiger partial charge in [-0.25, -0.2) is 9.54 Å². The maximum Gasteiger partial charge on any atom is 0.348 e. The Morgan fingerprint density at radius 1 is 1.12 bits per heavy atom. The van der Waals surface area contributed by atoms with Gasteiger partial charge in [0.2, 0.25) is 0 Å². The van der Waals surface area contributed by atoms with Crippen molar-refractivity contribution < 1.29 is 9.53 Å². The third-order valence-electron chi connectivity index (χ3n) is 5.76. The third-order valence-corrected chi connectivity index (χ3v) is 11.6. The lowest BCUT2D eigenvalue weighted by Gasteiger charge is -2.45. The van der Waals surface area contributed by atoms with Crippen molar-refractivity contribution in [2.45, 2.75) is 13.8 Å². The molecule has 0 N–H and O–H groups in total. The summed E-state index contributed by atoms with van der Waals surface area (Å²) < 4.78 is 16.5. The Kier molecular flexibility index (Phi) is 7.43. The van der Waals surface area contributed by atoms with E-state index in [1.54, 1.807) is 0 Å². The monoisotopic (exact) mass is 591 g/mol. The largest absolute Gasteiger partial charge is 0.465 e. The molecule has 33 heavy (non-hydrogen) atoms. The molecule has 0 amide bonds. The van der Waals surface area contributed by atoms with Gasteiger partial charge in [-0.1, -0.05) is 44.2 Å². The van der Waals surface area contributed by atoms with E-state index >= 15 is 0 Å². The van der Waals surface area contributed by atoms with E-state index < -0.39 is 7.36 Å². The maximum absolute atomic E-state index is 12.5. The lowest BCUT2D eigenvalue weighted by atomic mass is 10.1. The van der Waals surface area contributed by atoms with Gasteiger partial charge in [-0.05, 0) is 64.6 Å². The van der Waals surface area contributed by atoms with Crippen molar-refractivity contribution in [1.29, 1.82) is 0 Å². The predicted octanol–water partition coefficient (Wildman–Crippen LogP) is 6.91. The Balaban J connectivity index is 2.07. The van der Waals surface area contributed by atoms with Gasteiger partial charge in [-0.3, -0.25) is 4.67 Å². The molecule has 1 aromatic heterocycles. The molecule has 0 aliphatic carbocycles. The maximum atomic E-state index is 12.5. The molecule has 2 heterocycles. The van der Waals surface area contributed by atoms with Crippen LogP contribution in [0.2, 0.25) is 0 Å². The summed E-state index contributed by atoms with van der Waals surface area (Å²) in [5.41, 5.74) is 3.18. The second kappa shape index (κ2) is 10.1. The molecule has 1 aliphatic heterocycles. The number of methoxy groups -OCH3 is 1. The van der Waals surface area contributed by atoms with Gasteiger partial charge in [0, 0.05) is 33.9 Å². The minimum Gasteiger partial charge on any atom is -0.465 e. The first-order valence-electron chi connectivity index (χ1n) is 10.8. The molecule has 1 aliphatic rings. The average Bonchev–Trinajstić information content (AvgIpc) is 3.28. The van der Waals surface area contributed by atoms with Crippen molar-refractivity contribution in [1.82, 2.24) is 9.34 Å². The summed E-state index contributed by atoms with van der Waals surface area (Å²) in [5, 5.41) is 1.11. The van der Waals surface area contributed by atoms with Gasteiger partial charge in [-0.15, -0.1) is 11.3 Å². The molecule has 172 valence electrons. The summed E-state index contributed by atoms with van der Waals surface area (Å²) in [5.74, 6) is -0.307. The molecule has 1 unspecified atom stereocenters. The first kappa shape index (κ1) is 24.2. The summed E-state index contributed by atoms with van der Waals surface area (Å²) in [6.07, 6.45) is 2.19. The van der Waals surface area contributed by atoms with Crippen LogP contribution in [0.25, 0.3) is 11.8 Å². The highest BCUT2D eigenvalue weighted by Crippen LogP contribution is 2.63. The lowest BCUT2D eigenvalue weighted by Crippen LogP contribution is -2.37. The molecule has 5 nitrogen and oxygen atoms in total. The van der Waals surface area contributed by atoms with E-state index in [1.807, 2.05) is 12.1 Å². The van der Waals surface area contributed by atoms with Crippen molar-refractivity contribution >= 4 is 70.0 Å². The molecule has 0 spiro atoms. The van der Waals surface area contributed by atoms with Gasteiger partial charge < -0.3 is 9.41 Å². The molecule has 0 radical (unpaired) electrons. The average molecular weight is 591 g/mol. The fourth-order valence-corrected chi connectivity index (χ4v) is 9.78. The molecule has 2 aromatic carbocycles. The normalized spacial score (nSPS) is 17.5. The molecule has 4 rings (SSSR count). The summed E-state index contributed by atoms with van der Waals surface area (Å²) in [6.45, 7) is 6.04. The molecular weight excluding hydrogens is 564 g/mol. The van der Waals surface area contributed by atoms with Crippen LogP contribution in [0.4, 0.5) is 5.69 Å². The summed E-state index contributed by atoms with van der Waals surface area (Å²) in [4.78, 5) is 14.2. The minimum absolute atomic E-state index is 0.307. The van der Waals surface area contributed by atoms with Crippen LogP contribution < -0.4 is 5.30 Å². The topological polar surface area (TPSA) is 45.1 Å². The fourth-order valence-electron chi connectivity index (χ4n) is 4.16. The number of thiophene rings is 1. The molecule has 0 fully saturated rings. The highest BCUT2D eigenvalue weighted by atomic mass is 127. The van der Waals surface area contributed by atoms with Crippen LogP contribution in [0, 0.1) is 3.57 Å². The van der Waals surface area contributed by atoms with E-state index in [0.717, 1.165) is 40.2 Å². The number of benzene rings is 2. The lowest BCUT2D eigenvalue weighted by molar-refractivity contribution is 0.0606. The van der Waals surface area contributed by atoms with Gasteiger partial charge in [0.05, 0.1) is 18.5 Å². The zero-order chi connectivity index (χ0) is 23.6. The quantitative estimate of drug-likeness (QED) is 0.178. The third kappa shape index (κ3) is 4.44. The van der Waals surface area contributed by atoms with E-state index in [9.17, 15) is 4.79 Å². The second-order valence-corrected chi connectivity index (χ2v) is 12.9. The first-order chi connectivity index (χ1) is 15.9. The van der Waals surface area contributed by atoms with Crippen LogP contribution in [0.3, 0.4) is 0 Å². The van der Waals surface area contributed by atoms with Gasteiger partial charge >= 0.3 is 5.97 Å². The van der Waals surface area contributed by atoms with Crippen molar-refractivity contribution in [2.75, 3.05) is 27.2 Å². The molecule has 0 bridgehead atoms. The first-order valence-corrected chi connectivity index (χ1v) is 14.4. The minimum atomic E-state index is -2.45. The zero-order valence-corrected chi connectivity index (χ0v) is 23.0. The molecule has 3 aromatic rings. The van der Waals surface area contributed by atoms with Crippen molar-refractivity contribution in [2.24, 2.45) is 4.74 Å². The van der Waals surface area contributed by atoms with E-state index in [2.05, 4.69) is 107 Å². The number of rotatable bonds is 6. The molecule has 8 heteroatoms. The Hall–Kier alpha value is -1.93.